The van der Waals surface area contributed by atoms with Gasteiger partial charge in [-0.2, -0.15) is 5.10 Å². The van der Waals surface area contributed by atoms with Crippen LogP contribution in [0.15, 0.2) is 0 Å². The van der Waals surface area contributed by atoms with Crippen LogP contribution in [0.3, 0.4) is 0 Å². The minimum Gasteiger partial charge on any atom is -0.394 e. The van der Waals surface area contributed by atoms with E-state index in [9.17, 15) is 4.79 Å². The van der Waals surface area contributed by atoms with Crippen LogP contribution in [0, 0.1) is 6.92 Å². The van der Waals surface area contributed by atoms with Gasteiger partial charge in [0.1, 0.15) is 12.4 Å². The Kier molecular flexibility index (Phi) is 4.96. The molecule has 7 nitrogen and oxygen atoms in total. The molecule has 0 aliphatic carbocycles. The molecular formula is C11H21N5O2. The molecule has 18 heavy (non-hydrogen) atoms. The number of anilines is 2. The maximum atomic E-state index is 10.5. The molecule has 0 unspecified atom stereocenters. The Morgan fingerprint density at radius 2 is 2.22 bits per heavy atom. The molecule has 0 aliphatic heterocycles. The first kappa shape index (κ1) is 14.3. The van der Waals surface area contributed by atoms with E-state index in [1.54, 1.807) is 0 Å². The Morgan fingerprint density at radius 1 is 1.56 bits per heavy atom. The highest BCUT2D eigenvalue weighted by Crippen LogP contribution is 2.25. The summed E-state index contributed by atoms with van der Waals surface area (Å²) in [5.41, 5.74) is 12.3. The number of ether oxygens (including phenoxy) is 1. The molecule has 0 spiro atoms. The summed E-state index contributed by atoms with van der Waals surface area (Å²) in [6.07, 6.45) is 0. The summed E-state index contributed by atoms with van der Waals surface area (Å²) < 4.78 is 6.89. The number of nitrogens with one attached hydrogen (secondary N) is 1. The molecule has 0 aliphatic rings. The van der Waals surface area contributed by atoms with Gasteiger partial charge in [-0.05, 0) is 20.8 Å². The Balaban J connectivity index is 2.53. The van der Waals surface area contributed by atoms with Gasteiger partial charge in [-0.25, -0.2) is 4.68 Å². The SMILES string of the molecule is Cc1nn(C(C)C)c(NCCOCC(N)=O)c1N. The molecule has 0 radical (unpaired) electrons. The first-order valence-electron chi connectivity index (χ1n) is 5.88. The van der Waals surface area contributed by atoms with Crippen LogP contribution in [0.2, 0.25) is 0 Å². The maximum absolute atomic E-state index is 10.5. The summed E-state index contributed by atoms with van der Waals surface area (Å²) in [4.78, 5) is 10.5. The van der Waals surface area contributed by atoms with E-state index in [0.717, 1.165) is 11.5 Å². The lowest BCUT2D eigenvalue weighted by Crippen LogP contribution is -2.21. The third kappa shape index (κ3) is 3.63. The molecule has 0 fully saturated rings. The predicted molar refractivity (Wildman–Crippen MR) is 70.3 cm³/mol. The number of carbonyl (C=O) groups excluding carboxylic acids is 1. The molecule has 1 aromatic heterocycles. The first-order valence-corrected chi connectivity index (χ1v) is 5.88. The Labute approximate surface area is 106 Å². The summed E-state index contributed by atoms with van der Waals surface area (Å²) in [5.74, 6) is 0.308. The molecule has 5 N–H and O–H groups in total. The van der Waals surface area contributed by atoms with Crippen molar-refractivity contribution < 1.29 is 9.53 Å². The number of rotatable bonds is 7. The highest BCUT2D eigenvalue weighted by atomic mass is 16.5. The third-order valence-electron chi connectivity index (χ3n) is 2.40. The van der Waals surface area contributed by atoms with Gasteiger partial charge in [0.25, 0.3) is 0 Å². The number of amides is 1. The first-order chi connectivity index (χ1) is 8.43. The zero-order chi connectivity index (χ0) is 13.7. The molecule has 0 aromatic carbocycles. The van der Waals surface area contributed by atoms with Crippen molar-refractivity contribution in [3.63, 3.8) is 0 Å². The van der Waals surface area contributed by atoms with Crippen molar-refractivity contribution >= 4 is 17.4 Å². The largest absolute Gasteiger partial charge is 0.394 e. The second-order valence-electron chi connectivity index (χ2n) is 4.33. The molecule has 1 rings (SSSR count). The average molecular weight is 255 g/mol. The highest BCUT2D eigenvalue weighted by molar-refractivity contribution is 5.75. The van der Waals surface area contributed by atoms with Crippen molar-refractivity contribution in [2.24, 2.45) is 5.73 Å². The second kappa shape index (κ2) is 6.25. The Morgan fingerprint density at radius 3 is 2.78 bits per heavy atom. The van der Waals surface area contributed by atoms with E-state index in [-0.39, 0.29) is 12.6 Å². The number of hydrogen-bond donors (Lipinski definition) is 3. The number of carbonyl (C=O) groups is 1. The number of nitrogens with zero attached hydrogens (tertiary/aromatic N) is 2. The van der Waals surface area contributed by atoms with E-state index < -0.39 is 5.91 Å². The minimum absolute atomic E-state index is 0.0698. The fourth-order valence-corrected chi connectivity index (χ4v) is 1.52. The molecule has 0 saturated carbocycles. The normalized spacial score (nSPS) is 10.9. The molecular weight excluding hydrogens is 234 g/mol. The summed E-state index contributed by atoms with van der Waals surface area (Å²) in [5, 5.41) is 7.51. The summed E-state index contributed by atoms with van der Waals surface area (Å²) in [6, 6.07) is 0.218. The quantitative estimate of drug-likeness (QED) is 0.606. The van der Waals surface area contributed by atoms with Crippen LogP contribution in [0.1, 0.15) is 25.6 Å². The van der Waals surface area contributed by atoms with E-state index >= 15 is 0 Å². The molecule has 0 bridgehead atoms. The van der Waals surface area contributed by atoms with Crippen molar-refractivity contribution in [2.45, 2.75) is 26.8 Å². The van der Waals surface area contributed by atoms with Gasteiger partial charge in [0, 0.05) is 12.6 Å². The summed E-state index contributed by atoms with van der Waals surface area (Å²) in [6.45, 7) is 6.77. The topological polar surface area (TPSA) is 108 Å². The van der Waals surface area contributed by atoms with Crippen LogP contribution >= 0.6 is 0 Å². The molecule has 0 saturated heterocycles. The second-order valence-corrected chi connectivity index (χ2v) is 4.33. The number of aromatic nitrogens is 2. The lowest BCUT2D eigenvalue weighted by atomic mass is 10.3. The number of primary amides is 1. The summed E-state index contributed by atoms with van der Waals surface area (Å²) in [7, 11) is 0. The minimum atomic E-state index is -0.474. The highest BCUT2D eigenvalue weighted by Gasteiger charge is 2.13. The number of hydrogen-bond acceptors (Lipinski definition) is 5. The molecule has 0 atom stereocenters. The van der Waals surface area contributed by atoms with Crippen molar-refractivity contribution in [3.05, 3.63) is 5.69 Å². The van der Waals surface area contributed by atoms with E-state index in [1.165, 1.54) is 0 Å². The van der Waals surface area contributed by atoms with Crippen LogP contribution in [0.4, 0.5) is 11.5 Å². The van der Waals surface area contributed by atoms with Gasteiger partial charge < -0.3 is 21.5 Å². The monoisotopic (exact) mass is 255 g/mol. The van der Waals surface area contributed by atoms with E-state index in [1.807, 2.05) is 25.5 Å². The number of aryl methyl sites for hydroxylation is 1. The summed E-state index contributed by atoms with van der Waals surface area (Å²) >= 11 is 0. The average Bonchev–Trinajstić information content (AvgIpc) is 2.56. The van der Waals surface area contributed by atoms with Gasteiger partial charge in [-0.3, -0.25) is 4.79 Å². The van der Waals surface area contributed by atoms with Crippen molar-refractivity contribution in [1.82, 2.24) is 9.78 Å². The van der Waals surface area contributed by atoms with Gasteiger partial charge in [0.15, 0.2) is 0 Å². The van der Waals surface area contributed by atoms with Crippen LogP contribution in [-0.2, 0) is 9.53 Å². The van der Waals surface area contributed by atoms with Crippen molar-refractivity contribution in [3.8, 4) is 0 Å². The zero-order valence-electron chi connectivity index (χ0n) is 11.1. The van der Waals surface area contributed by atoms with Crippen molar-refractivity contribution in [2.75, 3.05) is 30.8 Å². The molecule has 1 amide bonds. The molecule has 102 valence electrons. The van der Waals surface area contributed by atoms with Gasteiger partial charge in [0.2, 0.25) is 5.91 Å². The van der Waals surface area contributed by atoms with Crippen LogP contribution < -0.4 is 16.8 Å². The fourth-order valence-electron chi connectivity index (χ4n) is 1.52. The predicted octanol–water partition coefficient (Wildman–Crippen LogP) is 0.268. The third-order valence-corrected chi connectivity index (χ3v) is 2.40. The van der Waals surface area contributed by atoms with E-state index in [0.29, 0.717) is 18.8 Å². The Hall–Kier alpha value is -1.76. The molecule has 1 aromatic rings. The standard InChI is InChI=1S/C11H21N5O2/c1-7(2)16-11(10(13)8(3)15-16)14-4-5-18-6-9(12)17/h7,14H,4-6,13H2,1-3H3,(H2,12,17). The molecule has 7 heteroatoms. The van der Waals surface area contributed by atoms with Crippen LogP contribution in [0.25, 0.3) is 0 Å². The van der Waals surface area contributed by atoms with Gasteiger partial charge in [-0.15, -0.1) is 0 Å². The Bertz CT molecular complexity index is 414. The molecule has 1 heterocycles. The van der Waals surface area contributed by atoms with Gasteiger partial charge >= 0.3 is 0 Å². The van der Waals surface area contributed by atoms with Gasteiger partial charge in [-0.1, -0.05) is 0 Å². The number of nitrogens with two attached hydrogens (primary N) is 2. The number of nitrogen functional groups attached to an aromatic ring is 1. The maximum Gasteiger partial charge on any atom is 0.243 e. The van der Waals surface area contributed by atoms with E-state index in [2.05, 4.69) is 10.4 Å². The lowest BCUT2D eigenvalue weighted by Gasteiger charge is -2.13. The zero-order valence-corrected chi connectivity index (χ0v) is 11.1. The lowest BCUT2D eigenvalue weighted by molar-refractivity contribution is -0.122. The van der Waals surface area contributed by atoms with Gasteiger partial charge in [0.05, 0.1) is 18.0 Å². The van der Waals surface area contributed by atoms with Crippen LogP contribution in [-0.4, -0.2) is 35.4 Å². The fraction of sp³-hybridized carbons (Fsp3) is 0.636. The van der Waals surface area contributed by atoms with Crippen LogP contribution in [0.5, 0.6) is 0 Å². The smallest absolute Gasteiger partial charge is 0.243 e. The van der Waals surface area contributed by atoms with E-state index in [4.69, 9.17) is 16.2 Å². The van der Waals surface area contributed by atoms with Crippen molar-refractivity contribution in [1.29, 1.82) is 0 Å².